The van der Waals surface area contributed by atoms with Crippen molar-refractivity contribution in [1.82, 2.24) is 10.6 Å². The van der Waals surface area contributed by atoms with E-state index in [-0.39, 0.29) is 24.0 Å². The molecule has 0 spiro atoms. The molecule has 0 radical (unpaired) electrons. The van der Waals surface area contributed by atoms with Crippen LogP contribution < -0.4 is 15.5 Å². The minimum absolute atomic E-state index is 0. The van der Waals surface area contributed by atoms with Crippen molar-refractivity contribution in [3.05, 3.63) is 17.5 Å². The molecule has 2 heterocycles. The number of halogens is 1. The van der Waals surface area contributed by atoms with Crippen LogP contribution in [0.5, 0.6) is 0 Å². The molecule has 2 N–H and O–H groups in total. The van der Waals surface area contributed by atoms with Gasteiger partial charge < -0.3 is 20.3 Å². The fraction of sp³-hybridized carbons (Fsp3) is 0.667. The van der Waals surface area contributed by atoms with Crippen LogP contribution in [0.2, 0.25) is 0 Å². The first kappa shape index (κ1) is 19.5. The molecule has 1 aliphatic rings. The lowest BCUT2D eigenvalue weighted by Crippen LogP contribution is -2.48. The quantitative estimate of drug-likeness (QED) is 0.310. The van der Waals surface area contributed by atoms with Crippen LogP contribution in [0.4, 0.5) is 5.00 Å². The molecule has 126 valence electrons. The molecule has 0 saturated carbocycles. The Morgan fingerprint density at radius 3 is 2.82 bits per heavy atom. The summed E-state index contributed by atoms with van der Waals surface area (Å²) in [5.74, 6) is 0.903. The van der Waals surface area contributed by atoms with Crippen LogP contribution in [-0.4, -0.2) is 52.4 Å². The SMILES string of the molecule is CN=C(NCCCOC)NC1CCN(c2cccs2)CC1.I. The van der Waals surface area contributed by atoms with Crippen LogP contribution in [0, 0.1) is 0 Å². The molecule has 0 atom stereocenters. The van der Waals surface area contributed by atoms with Gasteiger partial charge in [0, 0.05) is 46.4 Å². The van der Waals surface area contributed by atoms with E-state index < -0.39 is 0 Å². The Kier molecular flexibility index (Phi) is 9.81. The predicted molar refractivity (Wildman–Crippen MR) is 106 cm³/mol. The van der Waals surface area contributed by atoms with Gasteiger partial charge in [0.1, 0.15) is 0 Å². The molecule has 2 rings (SSSR count). The molecule has 0 bridgehead atoms. The Balaban J connectivity index is 0.00000242. The number of guanidine groups is 1. The predicted octanol–water partition coefficient (Wildman–Crippen LogP) is 2.54. The summed E-state index contributed by atoms with van der Waals surface area (Å²) in [6.07, 6.45) is 3.29. The third-order valence-corrected chi connectivity index (χ3v) is 4.62. The number of ether oxygens (including phenoxy) is 1. The van der Waals surface area contributed by atoms with Gasteiger partial charge in [-0.3, -0.25) is 4.99 Å². The van der Waals surface area contributed by atoms with Crippen LogP contribution in [-0.2, 0) is 4.74 Å². The van der Waals surface area contributed by atoms with Crippen molar-refractivity contribution in [2.75, 3.05) is 45.3 Å². The molecule has 1 aliphatic heterocycles. The van der Waals surface area contributed by atoms with Crippen LogP contribution in [0.1, 0.15) is 19.3 Å². The van der Waals surface area contributed by atoms with E-state index in [0.717, 1.165) is 51.5 Å². The number of hydrogen-bond donors (Lipinski definition) is 2. The highest BCUT2D eigenvalue weighted by Crippen LogP contribution is 2.24. The second-order valence-electron chi connectivity index (χ2n) is 5.20. The molecule has 0 aliphatic carbocycles. The van der Waals surface area contributed by atoms with E-state index >= 15 is 0 Å². The topological polar surface area (TPSA) is 48.9 Å². The first-order chi connectivity index (χ1) is 10.3. The molecule has 1 aromatic heterocycles. The zero-order valence-corrected chi connectivity index (χ0v) is 16.5. The van der Waals surface area contributed by atoms with Gasteiger partial charge >= 0.3 is 0 Å². The molecule has 1 saturated heterocycles. The summed E-state index contributed by atoms with van der Waals surface area (Å²) in [4.78, 5) is 6.76. The lowest BCUT2D eigenvalue weighted by Gasteiger charge is -2.33. The normalized spacial score (nSPS) is 16.3. The minimum atomic E-state index is 0. The number of nitrogens with zero attached hydrogens (tertiary/aromatic N) is 2. The van der Waals surface area contributed by atoms with E-state index in [2.05, 4.69) is 38.0 Å². The average molecular weight is 438 g/mol. The van der Waals surface area contributed by atoms with Gasteiger partial charge in [0.15, 0.2) is 5.96 Å². The van der Waals surface area contributed by atoms with Gasteiger partial charge in [-0.25, -0.2) is 0 Å². The second-order valence-corrected chi connectivity index (χ2v) is 6.13. The first-order valence-electron chi connectivity index (χ1n) is 7.58. The summed E-state index contributed by atoms with van der Waals surface area (Å²) >= 11 is 1.82. The number of piperidine rings is 1. The van der Waals surface area contributed by atoms with E-state index in [9.17, 15) is 0 Å². The first-order valence-corrected chi connectivity index (χ1v) is 8.46. The lowest BCUT2D eigenvalue weighted by molar-refractivity contribution is 0.195. The largest absolute Gasteiger partial charge is 0.385 e. The molecule has 0 unspecified atom stereocenters. The van der Waals surface area contributed by atoms with Gasteiger partial charge in [0.05, 0.1) is 5.00 Å². The molecular weight excluding hydrogens is 411 g/mol. The summed E-state index contributed by atoms with van der Waals surface area (Å²) in [5.41, 5.74) is 0. The molecule has 1 fully saturated rings. The van der Waals surface area contributed by atoms with Gasteiger partial charge in [0.2, 0.25) is 0 Å². The van der Waals surface area contributed by atoms with Gasteiger partial charge in [0.25, 0.3) is 0 Å². The monoisotopic (exact) mass is 438 g/mol. The van der Waals surface area contributed by atoms with E-state index in [4.69, 9.17) is 4.74 Å². The Hall–Kier alpha value is -0.540. The number of anilines is 1. The van der Waals surface area contributed by atoms with Crippen molar-refractivity contribution in [2.45, 2.75) is 25.3 Å². The molecule has 0 aromatic carbocycles. The average Bonchev–Trinajstić information content (AvgIpc) is 3.05. The maximum atomic E-state index is 5.05. The number of aliphatic imine (C=N–C) groups is 1. The molecule has 7 heteroatoms. The minimum Gasteiger partial charge on any atom is -0.385 e. The molecule has 1 aromatic rings. The summed E-state index contributed by atoms with van der Waals surface area (Å²) in [6.45, 7) is 3.89. The van der Waals surface area contributed by atoms with Crippen LogP contribution >= 0.6 is 35.3 Å². The van der Waals surface area contributed by atoms with Gasteiger partial charge in [-0.2, -0.15) is 0 Å². The number of hydrogen-bond acceptors (Lipinski definition) is 4. The van der Waals surface area contributed by atoms with Crippen molar-refractivity contribution in [1.29, 1.82) is 0 Å². The second kappa shape index (κ2) is 11.1. The van der Waals surface area contributed by atoms with Gasteiger partial charge in [-0.1, -0.05) is 0 Å². The fourth-order valence-electron chi connectivity index (χ4n) is 2.51. The van der Waals surface area contributed by atoms with E-state index in [1.807, 2.05) is 18.4 Å². The molecular formula is C15H27IN4OS. The number of methoxy groups -OCH3 is 1. The lowest BCUT2D eigenvalue weighted by atomic mass is 10.1. The highest BCUT2D eigenvalue weighted by molar-refractivity contribution is 14.0. The zero-order chi connectivity index (χ0) is 14.9. The number of rotatable bonds is 6. The summed E-state index contributed by atoms with van der Waals surface area (Å²) in [5, 5.41) is 10.4. The Labute approximate surface area is 154 Å². The Morgan fingerprint density at radius 2 is 2.23 bits per heavy atom. The Bertz CT molecular complexity index is 419. The highest BCUT2D eigenvalue weighted by Gasteiger charge is 2.20. The van der Waals surface area contributed by atoms with Crippen LogP contribution in [0.3, 0.4) is 0 Å². The van der Waals surface area contributed by atoms with Crippen molar-refractivity contribution in [3.8, 4) is 0 Å². The maximum absolute atomic E-state index is 5.05. The summed E-state index contributed by atoms with van der Waals surface area (Å²) in [7, 11) is 3.56. The van der Waals surface area contributed by atoms with Crippen LogP contribution in [0.15, 0.2) is 22.5 Å². The third-order valence-electron chi connectivity index (χ3n) is 3.69. The smallest absolute Gasteiger partial charge is 0.191 e. The summed E-state index contributed by atoms with van der Waals surface area (Å²) in [6, 6.07) is 4.83. The van der Waals surface area contributed by atoms with Gasteiger partial charge in [-0.05, 0) is 36.8 Å². The van der Waals surface area contributed by atoms with E-state index in [0.29, 0.717) is 6.04 Å². The highest BCUT2D eigenvalue weighted by atomic mass is 127. The van der Waals surface area contributed by atoms with Crippen molar-refractivity contribution < 1.29 is 4.74 Å². The zero-order valence-electron chi connectivity index (χ0n) is 13.4. The van der Waals surface area contributed by atoms with Crippen molar-refractivity contribution in [2.24, 2.45) is 4.99 Å². The number of nitrogens with one attached hydrogen (secondary N) is 2. The van der Waals surface area contributed by atoms with E-state index in [1.54, 1.807) is 7.11 Å². The fourth-order valence-corrected chi connectivity index (χ4v) is 3.29. The Morgan fingerprint density at radius 1 is 1.45 bits per heavy atom. The van der Waals surface area contributed by atoms with Gasteiger partial charge in [-0.15, -0.1) is 35.3 Å². The van der Waals surface area contributed by atoms with Crippen LogP contribution in [0.25, 0.3) is 0 Å². The molecule has 0 amide bonds. The maximum Gasteiger partial charge on any atom is 0.191 e. The summed E-state index contributed by atoms with van der Waals surface area (Å²) < 4.78 is 5.05. The molecule has 5 nitrogen and oxygen atoms in total. The molecule has 22 heavy (non-hydrogen) atoms. The number of thiophene rings is 1. The van der Waals surface area contributed by atoms with Crippen molar-refractivity contribution in [3.63, 3.8) is 0 Å². The van der Waals surface area contributed by atoms with E-state index in [1.165, 1.54) is 5.00 Å². The van der Waals surface area contributed by atoms with Crippen molar-refractivity contribution >= 4 is 46.3 Å². The standard InChI is InChI=1S/C15H26N4OS.HI/c1-16-15(17-8-4-11-20-2)18-13-6-9-19(10-7-13)14-5-3-12-21-14;/h3,5,12-13H,4,6-11H2,1-2H3,(H2,16,17,18);1H. The third kappa shape index (κ3) is 6.29.